The predicted octanol–water partition coefficient (Wildman–Crippen LogP) is 3.85. The molecule has 1 aliphatic heterocycles. The molecule has 0 radical (unpaired) electrons. The fourth-order valence-corrected chi connectivity index (χ4v) is 2.38. The van der Waals surface area contributed by atoms with E-state index in [4.69, 9.17) is 0 Å². The van der Waals surface area contributed by atoms with Gasteiger partial charge in [0.2, 0.25) is 0 Å². The summed E-state index contributed by atoms with van der Waals surface area (Å²) in [5, 5.41) is 0. The second kappa shape index (κ2) is 4.09. The zero-order valence-electron chi connectivity index (χ0n) is 8.81. The van der Waals surface area contributed by atoms with Crippen molar-refractivity contribution in [3.8, 4) is 0 Å². The van der Waals surface area contributed by atoms with E-state index in [2.05, 4.69) is 82.1 Å². The maximum Gasteiger partial charge on any atom is 0.0718 e. The first-order chi connectivity index (χ1) is 7.84. The summed E-state index contributed by atoms with van der Waals surface area (Å²) < 4.78 is 1.29. The minimum absolute atomic E-state index is 0.585. The Kier molecular flexibility index (Phi) is 2.59. The van der Waals surface area contributed by atoms with Gasteiger partial charge < -0.3 is 4.90 Å². The molecule has 0 bridgehead atoms. The molecule has 3 rings (SSSR count). The van der Waals surface area contributed by atoms with Crippen LogP contribution in [0.5, 0.6) is 0 Å². The van der Waals surface area contributed by atoms with Crippen LogP contribution in [0.1, 0.15) is 11.6 Å². The van der Waals surface area contributed by atoms with Gasteiger partial charge in [-0.15, -0.1) is 0 Å². The number of hydrogen-bond donors (Lipinski definition) is 0. The number of benzene rings is 2. The lowest BCUT2D eigenvalue weighted by Crippen LogP contribution is -1.93. The topological polar surface area (TPSA) is 3.01 Å². The van der Waals surface area contributed by atoms with Crippen LogP contribution in [0.15, 0.2) is 54.6 Å². The lowest BCUT2D eigenvalue weighted by molar-refractivity contribution is 1.13. The summed E-state index contributed by atoms with van der Waals surface area (Å²) in [5.74, 6) is 0. The van der Waals surface area contributed by atoms with E-state index < -0.39 is 0 Å². The highest BCUT2D eigenvalue weighted by molar-refractivity contribution is 14.1. The predicted molar refractivity (Wildman–Crippen MR) is 75.7 cm³/mol. The molecular weight excluding hydrogens is 309 g/mol. The van der Waals surface area contributed by atoms with E-state index in [0.717, 1.165) is 6.54 Å². The molecule has 0 amide bonds. The van der Waals surface area contributed by atoms with Crippen LogP contribution in [-0.2, 0) is 0 Å². The van der Waals surface area contributed by atoms with E-state index in [-0.39, 0.29) is 0 Å². The first-order valence-corrected chi connectivity index (χ1v) is 6.49. The van der Waals surface area contributed by atoms with Crippen molar-refractivity contribution in [3.05, 3.63) is 63.7 Å². The van der Waals surface area contributed by atoms with Gasteiger partial charge in [-0.25, -0.2) is 0 Å². The minimum atomic E-state index is 0.585. The van der Waals surface area contributed by atoms with Crippen LogP contribution in [0, 0.1) is 3.57 Å². The summed E-state index contributed by atoms with van der Waals surface area (Å²) in [6, 6.07) is 20.0. The van der Waals surface area contributed by atoms with Crippen molar-refractivity contribution in [3.63, 3.8) is 0 Å². The quantitative estimate of drug-likeness (QED) is 0.600. The molecule has 80 valence electrons. The lowest BCUT2D eigenvalue weighted by Gasteiger charge is -2.05. The van der Waals surface area contributed by atoms with Crippen LogP contribution >= 0.6 is 22.6 Å². The summed E-state index contributed by atoms with van der Waals surface area (Å²) in [4.78, 5) is 2.42. The van der Waals surface area contributed by atoms with Gasteiger partial charge in [-0.1, -0.05) is 30.3 Å². The van der Waals surface area contributed by atoms with Crippen LogP contribution in [0.4, 0.5) is 5.69 Å². The van der Waals surface area contributed by atoms with Crippen molar-refractivity contribution < 1.29 is 0 Å². The van der Waals surface area contributed by atoms with E-state index >= 15 is 0 Å². The number of hydrogen-bond acceptors (Lipinski definition) is 1. The summed E-state index contributed by atoms with van der Waals surface area (Å²) in [6.45, 7) is 1.14. The Morgan fingerprint density at radius 1 is 0.938 bits per heavy atom. The van der Waals surface area contributed by atoms with Gasteiger partial charge in [-0.2, -0.15) is 0 Å². The Morgan fingerprint density at radius 2 is 1.62 bits per heavy atom. The van der Waals surface area contributed by atoms with Gasteiger partial charge in [-0.3, -0.25) is 0 Å². The van der Waals surface area contributed by atoms with Gasteiger partial charge >= 0.3 is 0 Å². The third-order valence-electron chi connectivity index (χ3n) is 2.95. The van der Waals surface area contributed by atoms with Crippen LogP contribution in [0.2, 0.25) is 0 Å². The lowest BCUT2D eigenvalue weighted by atomic mass is 10.2. The molecule has 1 unspecified atom stereocenters. The van der Waals surface area contributed by atoms with E-state index in [1.165, 1.54) is 14.8 Å². The van der Waals surface area contributed by atoms with E-state index in [1.807, 2.05) is 0 Å². The van der Waals surface area contributed by atoms with Gasteiger partial charge in [0.1, 0.15) is 0 Å². The highest BCUT2D eigenvalue weighted by Gasteiger charge is 2.35. The van der Waals surface area contributed by atoms with Gasteiger partial charge in [-0.05, 0) is 52.4 Å². The average molecular weight is 321 g/mol. The highest BCUT2D eigenvalue weighted by Crippen LogP contribution is 2.39. The SMILES string of the molecule is Ic1ccc(N2CC2c2ccccc2)cc1. The van der Waals surface area contributed by atoms with Crippen LogP contribution < -0.4 is 4.90 Å². The molecule has 1 heterocycles. The maximum absolute atomic E-state index is 2.42. The first kappa shape index (κ1) is 10.1. The molecule has 0 spiro atoms. The zero-order valence-corrected chi connectivity index (χ0v) is 11.0. The number of anilines is 1. The van der Waals surface area contributed by atoms with Crippen molar-refractivity contribution in [1.82, 2.24) is 0 Å². The second-order valence-corrected chi connectivity index (χ2v) is 5.30. The van der Waals surface area contributed by atoms with Gasteiger partial charge in [0.25, 0.3) is 0 Å². The summed E-state index contributed by atoms with van der Waals surface area (Å²) in [6.07, 6.45) is 0. The third kappa shape index (κ3) is 1.94. The van der Waals surface area contributed by atoms with Crippen molar-refractivity contribution in [2.75, 3.05) is 11.4 Å². The van der Waals surface area contributed by atoms with Crippen LogP contribution in [-0.4, -0.2) is 6.54 Å². The molecule has 1 aliphatic rings. The molecule has 1 fully saturated rings. The maximum atomic E-state index is 2.42. The van der Waals surface area contributed by atoms with Crippen LogP contribution in [0.3, 0.4) is 0 Å². The Morgan fingerprint density at radius 3 is 2.31 bits per heavy atom. The zero-order chi connectivity index (χ0) is 11.0. The molecule has 0 aliphatic carbocycles. The minimum Gasteiger partial charge on any atom is -0.360 e. The summed E-state index contributed by atoms with van der Waals surface area (Å²) in [7, 11) is 0. The standard InChI is InChI=1S/C14H12IN/c15-12-6-8-13(9-7-12)16-10-14(16)11-4-2-1-3-5-11/h1-9,14H,10H2. The van der Waals surface area contributed by atoms with Crippen molar-refractivity contribution in [2.45, 2.75) is 6.04 Å². The summed E-state index contributed by atoms with van der Waals surface area (Å²) in [5.41, 5.74) is 2.75. The molecule has 16 heavy (non-hydrogen) atoms. The van der Waals surface area contributed by atoms with E-state index in [1.54, 1.807) is 0 Å². The molecular formula is C14H12IN. The van der Waals surface area contributed by atoms with E-state index in [0.29, 0.717) is 6.04 Å². The average Bonchev–Trinajstić information content (AvgIpc) is 3.11. The van der Waals surface area contributed by atoms with Gasteiger partial charge in [0, 0.05) is 15.8 Å². The fraction of sp³-hybridized carbons (Fsp3) is 0.143. The van der Waals surface area contributed by atoms with Gasteiger partial charge in [0.05, 0.1) is 6.04 Å². The molecule has 0 saturated carbocycles. The monoisotopic (exact) mass is 321 g/mol. The van der Waals surface area contributed by atoms with Crippen molar-refractivity contribution in [1.29, 1.82) is 0 Å². The molecule has 1 atom stereocenters. The van der Waals surface area contributed by atoms with Gasteiger partial charge in [0.15, 0.2) is 0 Å². The Bertz CT molecular complexity index is 478. The van der Waals surface area contributed by atoms with Crippen molar-refractivity contribution in [2.24, 2.45) is 0 Å². The molecule has 0 N–H and O–H groups in total. The Hall–Kier alpha value is -1.03. The van der Waals surface area contributed by atoms with Crippen LogP contribution in [0.25, 0.3) is 0 Å². The smallest absolute Gasteiger partial charge is 0.0718 e. The number of halogens is 1. The largest absolute Gasteiger partial charge is 0.360 e. The molecule has 1 nitrogen and oxygen atoms in total. The summed E-state index contributed by atoms with van der Waals surface area (Å²) >= 11 is 2.34. The molecule has 2 aromatic rings. The second-order valence-electron chi connectivity index (χ2n) is 4.06. The molecule has 2 aromatic carbocycles. The number of rotatable bonds is 2. The first-order valence-electron chi connectivity index (χ1n) is 5.42. The molecule has 1 saturated heterocycles. The normalized spacial score (nSPS) is 18.6. The third-order valence-corrected chi connectivity index (χ3v) is 3.67. The van der Waals surface area contributed by atoms with Crippen molar-refractivity contribution >= 4 is 28.3 Å². The molecule has 0 aromatic heterocycles. The van der Waals surface area contributed by atoms with E-state index in [9.17, 15) is 0 Å². The fourth-order valence-electron chi connectivity index (χ4n) is 2.02. The Balaban J connectivity index is 1.79. The molecule has 2 heteroatoms. The highest BCUT2D eigenvalue weighted by atomic mass is 127. The number of nitrogens with zero attached hydrogens (tertiary/aromatic N) is 1. The Labute approximate surface area is 109 Å².